The number of aromatic amines is 1. The zero-order valence-electron chi connectivity index (χ0n) is 17.4. The molecule has 0 aliphatic heterocycles. The highest BCUT2D eigenvalue weighted by atomic mass is 35.5. The van der Waals surface area contributed by atoms with Crippen LogP contribution in [0.3, 0.4) is 0 Å². The quantitative estimate of drug-likeness (QED) is 0.397. The lowest BCUT2D eigenvalue weighted by Crippen LogP contribution is -2.15. The fraction of sp³-hybridized carbons (Fsp3) is 0.182. The molecule has 4 rings (SSSR count). The van der Waals surface area contributed by atoms with Gasteiger partial charge in [0.25, 0.3) is 0 Å². The average molecular weight is 470 g/mol. The number of hydrogen-bond donors (Lipinski definition) is 2. The summed E-state index contributed by atoms with van der Waals surface area (Å²) in [6, 6.07) is 13.0. The van der Waals surface area contributed by atoms with E-state index in [1.807, 2.05) is 29.6 Å². The highest BCUT2D eigenvalue weighted by Gasteiger charge is 2.15. The number of aromatic nitrogens is 4. The van der Waals surface area contributed by atoms with Crippen LogP contribution in [0.1, 0.15) is 16.3 Å². The molecule has 8 nitrogen and oxygen atoms in total. The lowest BCUT2D eigenvalue weighted by molar-refractivity contribution is -0.115. The average Bonchev–Trinajstić information content (AvgIpc) is 3.42. The number of amides is 1. The van der Waals surface area contributed by atoms with Gasteiger partial charge in [0, 0.05) is 22.9 Å². The molecule has 1 amide bonds. The first-order valence-corrected chi connectivity index (χ1v) is 10.9. The number of nitrogens with zero attached hydrogens (tertiary/aromatic N) is 3. The van der Waals surface area contributed by atoms with Gasteiger partial charge in [0.15, 0.2) is 5.82 Å². The van der Waals surface area contributed by atoms with Gasteiger partial charge < -0.3 is 9.47 Å². The molecule has 2 N–H and O–H groups in total. The first kappa shape index (κ1) is 21.8. The van der Waals surface area contributed by atoms with Crippen molar-refractivity contribution in [3.63, 3.8) is 0 Å². The van der Waals surface area contributed by atoms with Crippen LogP contribution < -0.4 is 14.8 Å². The molecule has 2 aromatic carbocycles. The molecule has 0 aliphatic carbocycles. The Morgan fingerprint density at radius 2 is 2.03 bits per heavy atom. The van der Waals surface area contributed by atoms with Crippen LogP contribution in [0.15, 0.2) is 47.8 Å². The molecule has 0 aliphatic rings. The van der Waals surface area contributed by atoms with Crippen LogP contribution in [-0.4, -0.2) is 40.3 Å². The van der Waals surface area contributed by atoms with Gasteiger partial charge in [0.1, 0.15) is 11.5 Å². The van der Waals surface area contributed by atoms with E-state index in [4.69, 9.17) is 21.1 Å². The molecule has 0 unspecified atom stereocenters. The first-order valence-electron chi connectivity index (χ1n) is 9.66. The summed E-state index contributed by atoms with van der Waals surface area (Å²) >= 11 is 7.55. The summed E-state index contributed by atoms with van der Waals surface area (Å²) < 4.78 is 10.6. The minimum Gasteiger partial charge on any atom is -0.497 e. The van der Waals surface area contributed by atoms with Gasteiger partial charge in [0.2, 0.25) is 11.9 Å². The fourth-order valence-electron chi connectivity index (χ4n) is 3.10. The number of benzene rings is 2. The summed E-state index contributed by atoms with van der Waals surface area (Å²) in [7, 11) is 3.14. The molecule has 2 heterocycles. The summed E-state index contributed by atoms with van der Waals surface area (Å²) in [5, 5.41) is 13.1. The maximum absolute atomic E-state index is 12.4. The molecule has 32 heavy (non-hydrogen) atoms. The molecule has 4 aromatic rings. The van der Waals surface area contributed by atoms with E-state index in [0.717, 1.165) is 10.6 Å². The molecular weight excluding hydrogens is 450 g/mol. The van der Waals surface area contributed by atoms with Crippen molar-refractivity contribution in [1.29, 1.82) is 0 Å². The monoisotopic (exact) mass is 469 g/mol. The summed E-state index contributed by atoms with van der Waals surface area (Å²) in [5.74, 6) is 1.64. The van der Waals surface area contributed by atoms with Crippen LogP contribution in [0, 0.1) is 0 Å². The van der Waals surface area contributed by atoms with E-state index in [1.54, 1.807) is 32.4 Å². The predicted octanol–water partition coefficient (Wildman–Crippen LogP) is 4.37. The second-order valence-corrected chi connectivity index (χ2v) is 8.22. The third-order valence-electron chi connectivity index (χ3n) is 4.59. The van der Waals surface area contributed by atoms with Crippen molar-refractivity contribution in [1.82, 2.24) is 20.2 Å². The number of carbonyl (C=O) groups excluding carboxylic acids is 1. The third kappa shape index (κ3) is 5.24. The predicted molar refractivity (Wildman–Crippen MR) is 124 cm³/mol. The van der Waals surface area contributed by atoms with Gasteiger partial charge in [-0.25, -0.2) is 4.98 Å². The maximum atomic E-state index is 12.4. The molecule has 0 radical (unpaired) electrons. The standard InChI is InChI=1S/C22H20ClN5O3S/c1-30-16-6-7-17(18(11-16)31-2)21-26-22(28-27-21)25-19(29)10-15-12-32-20(24-15)9-13-4-3-5-14(23)8-13/h3-8,11-12H,9-10H2,1-2H3,(H2,25,26,27,28,29). The van der Waals surface area contributed by atoms with E-state index >= 15 is 0 Å². The number of nitrogens with one attached hydrogen (secondary N) is 2. The Kier molecular flexibility index (Phi) is 6.67. The summed E-state index contributed by atoms with van der Waals surface area (Å²) in [4.78, 5) is 21.3. The molecule has 164 valence electrons. The van der Waals surface area contributed by atoms with Crippen molar-refractivity contribution in [2.24, 2.45) is 0 Å². The van der Waals surface area contributed by atoms with Crippen LogP contribution >= 0.6 is 22.9 Å². The molecule has 2 aromatic heterocycles. The highest BCUT2D eigenvalue weighted by molar-refractivity contribution is 7.09. The van der Waals surface area contributed by atoms with E-state index in [0.29, 0.717) is 40.0 Å². The Labute approximate surface area is 193 Å². The number of rotatable bonds is 8. The second kappa shape index (κ2) is 9.80. The number of thiazole rings is 1. The van der Waals surface area contributed by atoms with Gasteiger partial charge in [-0.15, -0.1) is 16.4 Å². The molecule has 0 saturated carbocycles. The van der Waals surface area contributed by atoms with Crippen LogP contribution in [0.5, 0.6) is 11.5 Å². The minimum absolute atomic E-state index is 0.127. The van der Waals surface area contributed by atoms with Crippen molar-refractivity contribution in [2.75, 3.05) is 19.5 Å². The minimum atomic E-state index is -0.253. The number of carbonyl (C=O) groups is 1. The van der Waals surface area contributed by atoms with Crippen molar-refractivity contribution in [3.05, 3.63) is 69.1 Å². The normalized spacial score (nSPS) is 10.7. The fourth-order valence-corrected chi connectivity index (χ4v) is 4.14. The molecular formula is C22H20ClN5O3S. The van der Waals surface area contributed by atoms with E-state index in [2.05, 4.69) is 25.5 Å². The Bertz CT molecular complexity index is 1240. The van der Waals surface area contributed by atoms with Crippen molar-refractivity contribution >= 4 is 34.8 Å². The number of anilines is 1. The SMILES string of the molecule is COc1ccc(-c2nc(NC(=O)Cc3csc(Cc4cccc(Cl)c4)n3)n[nH]2)c(OC)c1. The van der Waals surface area contributed by atoms with Crippen molar-refractivity contribution < 1.29 is 14.3 Å². The Morgan fingerprint density at radius 1 is 1.16 bits per heavy atom. The summed E-state index contributed by atoms with van der Waals surface area (Å²) in [6.07, 6.45) is 0.794. The summed E-state index contributed by atoms with van der Waals surface area (Å²) in [6.45, 7) is 0. The van der Waals surface area contributed by atoms with Crippen LogP contribution in [-0.2, 0) is 17.6 Å². The second-order valence-electron chi connectivity index (χ2n) is 6.84. The summed E-state index contributed by atoms with van der Waals surface area (Å²) in [5.41, 5.74) is 2.47. The van der Waals surface area contributed by atoms with E-state index in [1.165, 1.54) is 11.3 Å². The first-order chi connectivity index (χ1) is 15.5. The van der Waals surface area contributed by atoms with E-state index in [9.17, 15) is 4.79 Å². The molecule has 0 spiro atoms. The number of methoxy groups -OCH3 is 2. The Hall–Kier alpha value is -3.43. The third-order valence-corrected chi connectivity index (χ3v) is 5.72. The maximum Gasteiger partial charge on any atom is 0.249 e. The number of hydrogen-bond acceptors (Lipinski definition) is 7. The van der Waals surface area contributed by atoms with Crippen molar-refractivity contribution in [3.8, 4) is 22.9 Å². The molecule has 0 atom stereocenters. The number of halogens is 1. The van der Waals surface area contributed by atoms with Gasteiger partial charge in [-0.2, -0.15) is 4.98 Å². The van der Waals surface area contributed by atoms with Gasteiger partial charge in [0.05, 0.1) is 36.9 Å². The van der Waals surface area contributed by atoms with Crippen LogP contribution in [0.2, 0.25) is 5.02 Å². The molecule has 0 saturated heterocycles. The lowest BCUT2D eigenvalue weighted by atomic mass is 10.2. The topological polar surface area (TPSA) is 102 Å². The van der Waals surface area contributed by atoms with Crippen molar-refractivity contribution in [2.45, 2.75) is 12.8 Å². The molecule has 0 bridgehead atoms. The Morgan fingerprint density at radius 3 is 2.81 bits per heavy atom. The van der Waals surface area contributed by atoms with E-state index in [-0.39, 0.29) is 18.3 Å². The van der Waals surface area contributed by atoms with Gasteiger partial charge in [-0.05, 0) is 29.8 Å². The van der Waals surface area contributed by atoms with E-state index < -0.39 is 0 Å². The Balaban J connectivity index is 1.38. The molecule has 0 fully saturated rings. The number of H-pyrrole nitrogens is 1. The lowest BCUT2D eigenvalue weighted by Gasteiger charge is -2.07. The smallest absolute Gasteiger partial charge is 0.249 e. The van der Waals surface area contributed by atoms with Crippen LogP contribution in [0.4, 0.5) is 5.95 Å². The highest BCUT2D eigenvalue weighted by Crippen LogP contribution is 2.31. The van der Waals surface area contributed by atoms with Gasteiger partial charge in [-0.3, -0.25) is 15.2 Å². The largest absolute Gasteiger partial charge is 0.497 e. The van der Waals surface area contributed by atoms with Gasteiger partial charge in [-0.1, -0.05) is 23.7 Å². The van der Waals surface area contributed by atoms with Gasteiger partial charge >= 0.3 is 0 Å². The zero-order chi connectivity index (χ0) is 22.5. The van der Waals surface area contributed by atoms with Crippen LogP contribution in [0.25, 0.3) is 11.4 Å². The molecule has 10 heteroatoms. The zero-order valence-corrected chi connectivity index (χ0v) is 19.0. The number of ether oxygens (including phenoxy) is 2.